The van der Waals surface area contributed by atoms with Crippen LogP contribution in [0.15, 0.2) is 34.5 Å². The molecule has 1 saturated heterocycles. The van der Waals surface area contributed by atoms with Gasteiger partial charge in [0.1, 0.15) is 31.5 Å². The molecule has 0 aliphatic carbocycles. The molecule has 1 aromatic carbocycles. The summed E-state index contributed by atoms with van der Waals surface area (Å²) in [5.41, 5.74) is 2.56. The zero-order valence-corrected chi connectivity index (χ0v) is 18.6. The third-order valence-electron chi connectivity index (χ3n) is 5.64. The van der Waals surface area contributed by atoms with Gasteiger partial charge in [-0.25, -0.2) is 4.99 Å². The van der Waals surface area contributed by atoms with Crippen LogP contribution in [0.1, 0.15) is 34.7 Å². The van der Waals surface area contributed by atoms with Gasteiger partial charge in [-0.05, 0) is 29.7 Å². The van der Waals surface area contributed by atoms with Crippen molar-refractivity contribution in [1.82, 2.24) is 4.57 Å². The molecule has 2 aromatic rings. The van der Waals surface area contributed by atoms with E-state index in [1.165, 1.54) is 19.2 Å². The van der Waals surface area contributed by atoms with Gasteiger partial charge in [-0.3, -0.25) is 0 Å². The molecule has 32 heavy (non-hydrogen) atoms. The molecule has 0 amide bonds. The van der Waals surface area contributed by atoms with Gasteiger partial charge in [-0.1, -0.05) is 34.4 Å². The summed E-state index contributed by atoms with van der Waals surface area (Å²) in [6.45, 7) is -0.101. The molecule has 0 saturated carbocycles. The number of nitrogens with zero attached hydrogens (tertiary/aromatic N) is 3. The van der Waals surface area contributed by atoms with Gasteiger partial charge in [-0.2, -0.15) is 0 Å². The van der Waals surface area contributed by atoms with Crippen molar-refractivity contribution >= 4 is 35.3 Å². The van der Waals surface area contributed by atoms with E-state index in [9.17, 15) is 20.4 Å². The first kappa shape index (κ1) is 23.2. The first-order valence-electron chi connectivity index (χ1n) is 9.99. The SMILES string of the molecule is CO/N=C1\N=CCc2c1c(CCO)cn2[C@@H]1O[C@H]([C@H](O)c2ccc(Cl)c(Cl)c2)[C@@H](O)[C@H]1O. The minimum absolute atomic E-state index is 0.101. The monoisotopic (exact) mass is 483 g/mol. The van der Waals surface area contributed by atoms with E-state index in [0.717, 1.165) is 11.3 Å². The maximum atomic E-state index is 10.8. The van der Waals surface area contributed by atoms with Crippen LogP contribution in [0.4, 0.5) is 0 Å². The van der Waals surface area contributed by atoms with Crippen molar-refractivity contribution in [3.05, 3.63) is 56.8 Å². The second-order valence-corrected chi connectivity index (χ2v) is 8.38. The number of halogens is 2. The number of hydrogen-bond acceptors (Lipinski definition) is 7. The number of ether oxygens (including phenoxy) is 1. The number of fused-ring (bicyclic) bond motifs is 1. The van der Waals surface area contributed by atoms with E-state index in [1.807, 2.05) is 0 Å². The lowest BCUT2D eigenvalue weighted by atomic mass is 9.99. The molecule has 2 aliphatic heterocycles. The summed E-state index contributed by atoms with van der Waals surface area (Å²) in [6, 6.07) is 4.61. The Balaban J connectivity index is 1.68. The molecular weight excluding hydrogens is 461 g/mol. The fourth-order valence-electron chi connectivity index (χ4n) is 4.14. The zero-order valence-electron chi connectivity index (χ0n) is 17.1. The molecule has 0 unspecified atom stereocenters. The number of aliphatic hydroxyl groups excluding tert-OH is 4. The Hall–Kier alpha value is -1.98. The standard InChI is InChI=1S/C21H23Cl2N3O6/c1-31-25-20-15-11(5-7-27)9-26(14(15)4-6-24-20)21-18(30)17(29)19(32-21)16(28)10-2-3-12(22)13(23)8-10/h2-3,6,8-9,16-19,21,27-30H,4-5,7H2,1H3/b25-20-/t16-,17+,18-,19-,21-/m1/s1. The number of oxime groups is 1. The minimum atomic E-state index is -1.37. The predicted molar refractivity (Wildman–Crippen MR) is 118 cm³/mol. The number of aliphatic hydroxyl groups is 4. The number of hydrogen-bond donors (Lipinski definition) is 4. The van der Waals surface area contributed by atoms with Gasteiger partial charge < -0.3 is 34.6 Å². The largest absolute Gasteiger partial charge is 0.397 e. The van der Waals surface area contributed by atoms with Gasteiger partial charge in [0.15, 0.2) is 12.1 Å². The predicted octanol–water partition coefficient (Wildman–Crippen LogP) is 1.62. The highest BCUT2D eigenvalue weighted by atomic mass is 35.5. The average molecular weight is 484 g/mol. The van der Waals surface area contributed by atoms with Crippen molar-refractivity contribution in [3.63, 3.8) is 0 Å². The van der Waals surface area contributed by atoms with Crippen molar-refractivity contribution in [1.29, 1.82) is 0 Å². The topological polar surface area (TPSA) is 129 Å². The first-order chi connectivity index (χ1) is 15.4. The van der Waals surface area contributed by atoms with E-state index >= 15 is 0 Å². The van der Waals surface area contributed by atoms with E-state index in [1.54, 1.807) is 23.0 Å². The summed E-state index contributed by atoms with van der Waals surface area (Å²) in [4.78, 5) is 9.15. The fraction of sp³-hybridized carbons (Fsp3) is 0.429. The Morgan fingerprint density at radius 1 is 1.28 bits per heavy atom. The molecule has 0 radical (unpaired) electrons. The van der Waals surface area contributed by atoms with E-state index in [4.69, 9.17) is 32.8 Å². The zero-order chi connectivity index (χ0) is 23.0. The molecule has 4 N–H and O–H groups in total. The molecule has 3 heterocycles. The van der Waals surface area contributed by atoms with E-state index < -0.39 is 30.6 Å². The third-order valence-corrected chi connectivity index (χ3v) is 6.38. The second kappa shape index (κ2) is 9.48. The van der Waals surface area contributed by atoms with Crippen LogP contribution in [0.25, 0.3) is 0 Å². The summed E-state index contributed by atoms with van der Waals surface area (Å²) in [7, 11) is 1.41. The van der Waals surface area contributed by atoms with Crippen LogP contribution < -0.4 is 0 Å². The molecule has 9 nitrogen and oxygen atoms in total. The van der Waals surface area contributed by atoms with Crippen LogP contribution in [0.2, 0.25) is 10.0 Å². The maximum Gasteiger partial charge on any atom is 0.200 e. The Labute approximate surface area is 194 Å². The lowest BCUT2D eigenvalue weighted by molar-refractivity contribution is -0.0865. The second-order valence-electron chi connectivity index (χ2n) is 7.56. The minimum Gasteiger partial charge on any atom is -0.397 e. The van der Waals surface area contributed by atoms with Crippen LogP contribution in [-0.4, -0.2) is 69.1 Å². The smallest absolute Gasteiger partial charge is 0.200 e. The molecule has 4 rings (SSSR count). The summed E-state index contributed by atoms with van der Waals surface area (Å²) in [6.07, 6.45) is -1.91. The van der Waals surface area contributed by atoms with E-state index in [0.29, 0.717) is 34.8 Å². The number of benzene rings is 1. The summed E-state index contributed by atoms with van der Waals surface area (Å²) < 4.78 is 7.66. The highest BCUT2D eigenvalue weighted by Gasteiger charge is 2.48. The molecule has 172 valence electrons. The number of rotatable bonds is 6. The van der Waals surface area contributed by atoms with Gasteiger partial charge in [0.05, 0.1) is 10.0 Å². The van der Waals surface area contributed by atoms with Gasteiger partial charge in [0.25, 0.3) is 0 Å². The molecular formula is C21H23Cl2N3O6. The van der Waals surface area contributed by atoms with E-state index in [2.05, 4.69) is 10.1 Å². The van der Waals surface area contributed by atoms with Crippen molar-refractivity contribution in [2.45, 2.75) is 43.5 Å². The highest BCUT2D eigenvalue weighted by Crippen LogP contribution is 2.39. The number of aliphatic imine (C=N–C) groups is 1. The van der Waals surface area contributed by atoms with Crippen LogP contribution >= 0.6 is 23.2 Å². The van der Waals surface area contributed by atoms with Crippen molar-refractivity contribution < 1.29 is 30.0 Å². The third kappa shape index (κ3) is 4.06. The number of amidine groups is 1. The molecule has 1 aromatic heterocycles. The lowest BCUT2D eigenvalue weighted by Crippen LogP contribution is -2.35. The molecule has 11 heteroatoms. The van der Waals surface area contributed by atoms with Crippen LogP contribution in [-0.2, 0) is 22.4 Å². The van der Waals surface area contributed by atoms with Gasteiger partial charge >= 0.3 is 0 Å². The highest BCUT2D eigenvalue weighted by molar-refractivity contribution is 6.42. The fourth-order valence-corrected chi connectivity index (χ4v) is 4.45. The average Bonchev–Trinajstić information content (AvgIpc) is 3.28. The molecule has 2 aliphatic rings. The summed E-state index contributed by atoms with van der Waals surface area (Å²) in [5, 5.41) is 46.3. The first-order valence-corrected chi connectivity index (χ1v) is 10.7. The normalized spacial score (nSPS) is 27.0. The van der Waals surface area contributed by atoms with Crippen molar-refractivity contribution in [3.8, 4) is 0 Å². The van der Waals surface area contributed by atoms with Crippen LogP contribution in [0.5, 0.6) is 0 Å². The van der Waals surface area contributed by atoms with Gasteiger partial charge in [-0.15, -0.1) is 0 Å². The summed E-state index contributed by atoms with van der Waals surface area (Å²) >= 11 is 12.0. The molecule has 1 fully saturated rings. The Bertz CT molecular complexity index is 1060. The number of aromatic nitrogens is 1. The summed E-state index contributed by atoms with van der Waals surface area (Å²) in [5.74, 6) is 0.344. The van der Waals surface area contributed by atoms with E-state index in [-0.39, 0.29) is 11.6 Å². The quantitative estimate of drug-likeness (QED) is 0.462. The lowest BCUT2D eigenvalue weighted by Gasteiger charge is -2.22. The molecule has 0 bridgehead atoms. The van der Waals surface area contributed by atoms with Crippen LogP contribution in [0.3, 0.4) is 0 Å². The Morgan fingerprint density at radius 3 is 2.75 bits per heavy atom. The molecule has 5 atom stereocenters. The van der Waals surface area contributed by atoms with Crippen LogP contribution in [0, 0.1) is 0 Å². The van der Waals surface area contributed by atoms with Gasteiger partial charge in [0, 0.05) is 36.7 Å². The van der Waals surface area contributed by atoms with Crippen molar-refractivity contribution in [2.75, 3.05) is 13.7 Å². The Kier molecular flexibility index (Phi) is 6.87. The Morgan fingerprint density at radius 2 is 2.06 bits per heavy atom. The molecule has 0 spiro atoms. The van der Waals surface area contributed by atoms with Gasteiger partial charge in [0.2, 0.25) is 0 Å². The maximum absolute atomic E-state index is 10.8. The van der Waals surface area contributed by atoms with Crippen molar-refractivity contribution in [2.24, 2.45) is 10.1 Å².